The van der Waals surface area contributed by atoms with Gasteiger partial charge in [-0.15, -0.1) is 0 Å². The number of ether oxygens (including phenoxy) is 1. The van der Waals surface area contributed by atoms with Gasteiger partial charge in [0.25, 0.3) is 0 Å². The summed E-state index contributed by atoms with van der Waals surface area (Å²) in [5, 5.41) is 2.78. The van der Waals surface area contributed by atoms with Gasteiger partial charge in [-0.1, -0.05) is 0 Å². The highest BCUT2D eigenvalue weighted by molar-refractivity contribution is 7.91. The van der Waals surface area contributed by atoms with Crippen LogP contribution in [0.1, 0.15) is 19.3 Å². The van der Waals surface area contributed by atoms with E-state index in [1.54, 1.807) is 0 Å². The highest BCUT2D eigenvalue weighted by Crippen LogP contribution is 2.18. The smallest absolute Gasteiger partial charge is 0.249 e. The minimum absolute atomic E-state index is 0.0790. The van der Waals surface area contributed by atoms with E-state index in [0.717, 1.165) is 12.8 Å². The van der Waals surface area contributed by atoms with Crippen molar-refractivity contribution in [2.45, 2.75) is 25.4 Å². The van der Waals surface area contributed by atoms with E-state index in [1.165, 1.54) is 0 Å². The first-order valence-corrected chi connectivity index (χ1v) is 7.49. The van der Waals surface area contributed by atoms with E-state index >= 15 is 0 Å². The van der Waals surface area contributed by atoms with Gasteiger partial charge < -0.3 is 10.1 Å². The molecule has 0 bridgehead atoms. The molecule has 2 aliphatic heterocycles. The van der Waals surface area contributed by atoms with Crippen molar-refractivity contribution in [3.05, 3.63) is 0 Å². The Morgan fingerprint density at radius 3 is 2.75 bits per heavy atom. The van der Waals surface area contributed by atoms with Crippen molar-refractivity contribution in [2.24, 2.45) is 5.92 Å². The maximum Gasteiger partial charge on any atom is 0.249 e. The predicted octanol–water partition coefficient (Wildman–Crippen LogP) is -0.284. The third-order valence-corrected chi connectivity index (χ3v) is 4.95. The minimum atomic E-state index is -2.84. The molecule has 0 spiro atoms. The third kappa shape index (κ3) is 2.95. The van der Waals surface area contributed by atoms with Crippen LogP contribution < -0.4 is 5.32 Å². The van der Waals surface area contributed by atoms with Crippen molar-refractivity contribution in [1.29, 1.82) is 0 Å². The highest BCUT2D eigenvalue weighted by atomic mass is 32.2. The zero-order chi connectivity index (χ0) is 11.6. The van der Waals surface area contributed by atoms with Crippen LogP contribution in [0.3, 0.4) is 0 Å². The van der Waals surface area contributed by atoms with E-state index in [0.29, 0.717) is 19.6 Å². The summed E-state index contributed by atoms with van der Waals surface area (Å²) in [5.41, 5.74) is 0. The van der Waals surface area contributed by atoms with E-state index in [-0.39, 0.29) is 29.4 Å². The number of carbonyl (C=O) groups excluding carboxylic acids is 1. The lowest BCUT2D eigenvalue weighted by Crippen LogP contribution is -2.37. The molecule has 1 amide bonds. The number of sulfone groups is 1. The van der Waals surface area contributed by atoms with Crippen LogP contribution in [0.4, 0.5) is 0 Å². The maximum atomic E-state index is 11.6. The van der Waals surface area contributed by atoms with E-state index in [1.807, 2.05) is 0 Å². The summed E-state index contributed by atoms with van der Waals surface area (Å²) >= 11 is 0. The summed E-state index contributed by atoms with van der Waals surface area (Å²) in [6.45, 7) is 1.10. The summed E-state index contributed by atoms with van der Waals surface area (Å²) in [7, 11) is -2.84. The van der Waals surface area contributed by atoms with Crippen molar-refractivity contribution in [1.82, 2.24) is 5.32 Å². The molecule has 0 saturated carbocycles. The van der Waals surface area contributed by atoms with Crippen LogP contribution in [0, 0.1) is 5.92 Å². The van der Waals surface area contributed by atoms with Crippen LogP contribution in [-0.4, -0.2) is 45.1 Å². The molecular formula is C10H17NO4S. The Hall–Kier alpha value is -0.620. The Kier molecular flexibility index (Phi) is 3.49. The summed E-state index contributed by atoms with van der Waals surface area (Å²) in [5.74, 6) is 0.448. The lowest BCUT2D eigenvalue weighted by atomic mass is 10.1. The zero-order valence-corrected chi connectivity index (χ0v) is 9.96. The molecule has 2 atom stereocenters. The molecule has 2 saturated heterocycles. The first-order valence-electron chi connectivity index (χ1n) is 5.66. The molecular weight excluding hydrogens is 230 g/mol. The molecule has 6 heteroatoms. The quantitative estimate of drug-likeness (QED) is 0.744. The third-order valence-electron chi connectivity index (χ3n) is 3.11. The number of carbonyl (C=O) groups is 1. The topological polar surface area (TPSA) is 72.5 Å². The van der Waals surface area contributed by atoms with Crippen LogP contribution >= 0.6 is 0 Å². The van der Waals surface area contributed by atoms with E-state index < -0.39 is 9.84 Å². The van der Waals surface area contributed by atoms with E-state index in [2.05, 4.69) is 5.32 Å². The van der Waals surface area contributed by atoms with Crippen molar-refractivity contribution < 1.29 is 17.9 Å². The van der Waals surface area contributed by atoms with Gasteiger partial charge in [-0.2, -0.15) is 0 Å². The SMILES string of the molecule is O=C(NC[C@@H]1CCS(=O)(=O)C1)[C@@H]1CCCO1. The highest BCUT2D eigenvalue weighted by Gasteiger charge is 2.29. The second kappa shape index (κ2) is 4.71. The monoisotopic (exact) mass is 247 g/mol. The molecule has 0 unspecified atom stereocenters. The van der Waals surface area contributed by atoms with Crippen molar-refractivity contribution >= 4 is 15.7 Å². The Bertz CT molecular complexity index is 359. The van der Waals surface area contributed by atoms with E-state index in [4.69, 9.17) is 4.74 Å². The molecule has 0 aromatic rings. The van der Waals surface area contributed by atoms with Gasteiger partial charge in [0, 0.05) is 13.2 Å². The Labute approximate surface area is 95.5 Å². The van der Waals surface area contributed by atoms with E-state index in [9.17, 15) is 13.2 Å². The fraction of sp³-hybridized carbons (Fsp3) is 0.900. The number of amides is 1. The molecule has 1 N–H and O–H groups in total. The molecule has 2 aliphatic rings. The van der Waals surface area contributed by atoms with Crippen LogP contribution in [-0.2, 0) is 19.4 Å². The summed E-state index contributed by atoms with van der Waals surface area (Å²) in [6, 6.07) is 0. The molecule has 0 aliphatic carbocycles. The average molecular weight is 247 g/mol. The van der Waals surface area contributed by atoms with Crippen molar-refractivity contribution in [3.8, 4) is 0 Å². The summed E-state index contributed by atoms with van der Waals surface area (Å²) < 4.78 is 27.6. The summed E-state index contributed by atoms with van der Waals surface area (Å²) in [6.07, 6.45) is 2.04. The summed E-state index contributed by atoms with van der Waals surface area (Å²) in [4.78, 5) is 11.6. The zero-order valence-electron chi connectivity index (χ0n) is 9.15. The standard InChI is InChI=1S/C10H17NO4S/c12-10(9-2-1-4-15-9)11-6-8-3-5-16(13,14)7-8/h8-9H,1-7H2,(H,11,12)/t8-,9-/m0/s1. The molecule has 16 heavy (non-hydrogen) atoms. The Morgan fingerprint density at radius 2 is 2.19 bits per heavy atom. The molecule has 2 fully saturated rings. The minimum Gasteiger partial charge on any atom is -0.368 e. The molecule has 0 aromatic carbocycles. The average Bonchev–Trinajstić information content (AvgIpc) is 2.83. The largest absolute Gasteiger partial charge is 0.368 e. The number of rotatable bonds is 3. The first-order chi connectivity index (χ1) is 7.57. The van der Waals surface area contributed by atoms with Gasteiger partial charge in [0.2, 0.25) is 5.91 Å². The Balaban J connectivity index is 1.73. The van der Waals surface area contributed by atoms with Gasteiger partial charge in [0.05, 0.1) is 11.5 Å². The number of hydrogen-bond donors (Lipinski definition) is 1. The van der Waals surface area contributed by atoms with Gasteiger partial charge in [-0.05, 0) is 25.2 Å². The normalized spacial score (nSPS) is 32.8. The predicted molar refractivity (Wildman–Crippen MR) is 58.7 cm³/mol. The van der Waals surface area contributed by atoms with Crippen LogP contribution in [0.25, 0.3) is 0 Å². The molecule has 5 nitrogen and oxygen atoms in total. The fourth-order valence-electron chi connectivity index (χ4n) is 2.18. The van der Waals surface area contributed by atoms with Gasteiger partial charge in [-0.3, -0.25) is 4.79 Å². The van der Waals surface area contributed by atoms with Gasteiger partial charge in [0.15, 0.2) is 9.84 Å². The molecule has 0 radical (unpaired) electrons. The lowest BCUT2D eigenvalue weighted by Gasteiger charge is -2.12. The molecule has 2 heterocycles. The molecule has 0 aromatic heterocycles. The molecule has 2 rings (SSSR count). The Morgan fingerprint density at radius 1 is 1.38 bits per heavy atom. The van der Waals surface area contributed by atoms with Crippen molar-refractivity contribution in [2.75, 3.05) is 24.7 Å². The fourth-order valence-corrected chi connectivity index (χ4v) is 4.04. The molecule has 92 valence electrons. The second-order valence-electron chi connectivity index (χ2n) is 4.52. The van der Waals surface area contributed by atoms with Crippen LogP contribution in [0.15, 0.2) is 0 Å². The first kappa shape index (κ1) is 11.9. The van der Waals surface area contributed by atoms with Gasteiger partial charge in [-0.25, -0.2) is 8.42 Å². The van der Waals surface area contributed by atoms with Gasteiger partial charge >= 0.3 is 0 Å². The van der Waals surface area contributed by atoms with Crippen LogP contribution in [0.2, 0.25) is 0 Å². The second-order valence-corrected chi connectivity index (χ2v) is 6.74. The number of hydrogen-bond acceptors (Lipinski definition) is 4. The number of nitrogens with one attached hydrogen (secondary N) is 1. The van der Waals surface area contributed by atoms with Crippen molar-refractivity contribution in [3.63, 3.8) is 0 Å². The van der Waals surface area contributed by atoms with Gasteiger partial charge in [0.1, 0.15) is 6.10 Å². The van der Waals surface area contributed by atoms with Crippen LogP contribution in [0.5, 0.6) is 0 Å². The lowest BCUT2D eigenvalue weighted by molar-refractivity contribution is -0.130. The maximum absolute atomic E-state index is 11.6.